The molecule has 6 rings (SSSR count). The summed E-state index contributed by atoms with van der Waals surface area (Å²) in [7, 11) is 0. The lowest BCUT2D eigenvalue weighted by Crippen LogP contribution is -2.50. The number of hydrogen-bond donors (Lipinski definition) is 0. The smallest absolute Gasteiger partial charge is 0.302 e. The van der Waals surface area contributed by atoms with Crippen LogP contribution in [0.3, 0.4) is 0 Å². The summed E-state index contributed by atoms with van der Waals surface area (Å²) < 4.78 is 7.97. The lowest BCUT2D eigenvalue weighted by molar-refractivity contribution is -0.148. The largest absolute Gasteiger partial charge is 0.462 e. The predicted molar refractivity (Wildman–Crippen MR) is 127 cm³/mol. The Labute approximate surface area is 190 Å². The lowest BCUT2D eigenvalue weighted by atomic mass is 9.47. The van der Waals surface area contributed by atoms with Crippen molar-refractivity contribution in [2.75, 3.05) is 0 Å². The summed E-state index contributed by atoms with van der Waals surface area (Å²) >= 11 is 0. The van der Waals surface area contributed by atoms with E-state index in [2.05, 4.69) is 59.8 Å². The number of carbonyl (C=O) groups excluding carboxylic acids is 1. The first kappa shape index (κ1) is 20.3. The number of hydrogen-bond acceptors (Lipinski definition) is 3. The van der Waals surface area contributed by atoms with E-state index in [4.69, 9.17) is 4.74 Å². The van der Waals surface area contributed by atoms with Crippen LogP contribution < -0.4 is 0 Å². The molecule has 0 bridgehead atoms. The van der Waals surface area contributed by atoms with Gasteiger partial charge in [0.25, 0.3) is 0 Å². The van der Waals surface area contributed by atoms with Gasteiger partial charge in [-0.25, -0.2) is 4.98 Å². The number of nitrogens with zero attached hydrogens (tertiary/aromatic N) is 2. The van der Waals surface area contributed by atoms with Crippen LogP contribution in [0, 0.1) is 28.6 Å². The molecule has 0 spiro atoms. The van der Waals surface area contributed by atoms with Gasteiger partial charge in [0.1, 0.15) is 12.4 Å². The van der Waals surface area contributed by atoms with Crippen LogP contribution in [0.15, 0.2) is 48.3 Å². The number of imidazole rings is 1. The first-order valence-electron chi connectivity index (χ1n) is 12.4. The van der Waals surface area contributed by atoms with E-state index in [9.17, 15) is 4.79 Å². The zero-order valence-electron chi connectivity index (χ0n) is 19.5. The van der Waals surface area contributed by atoms with Crippen molar-refractivity contribution in [1.82, 2.24) is 9.55 Å². The maximum atomic E-state index is 11.5. The van der Waals surface area contributed by atoms with Gasteiger partial charge in [0, 0.05) is 24.5 Å². The van der Waals surface area contributed by atoms with Crippen molar-refractivity contribution in [2.45, 2.75) is 71.8 Å². The molecule has 2 saturated carbocycles. The Morgan fingerprint density at radius 2 is 1.88 bits per heavy atom. The Hall–Kier alpha value is -2.36. The normalized spacial score (nSPS) is 38.3. The van der Waals surface area contributed by atoms with Gasteiger partial charge in [0.15, 0.2) is 0 Å². The maximum absolute atomic E-state index is 11.5. The van der Waals surface area contributed by atoms with Crippen LogP contribution in [0.1, 0.15) is 65.7 Å². The fourth-order valence-electron chi connectivity index (χ4n) is 8.03. The minimum atomic E-state index is -0.141. The Morgan fingerprint density at radius 1 is 1.06 bits per heavy atom. The van der Waals surface area contributed by atoms with Crippen molar-refractivity contribution >= 4 is 22.7 Å². The average Bonchev–Trinajstić information content (AvgIpc) is 3.34. The number of rotatable bonds is 2. The quantitative estimate of drug-likeness (QED) is 0.410. The molecule has 4 heteroatoms. The highest BCUT2D eigenvalue weighted by Crippen LogP contribution is 2.65. The molecule has 32 heavy (non-hydrogen) atoms. The number of fused-ring (bicyclic) bond motifs is 6. The van der Waals surface area contributed by atoms with Crippen LogP contribution >= 0.6 is 0 Å². The van der Waals surface area contributed by atoms with Crippen LogP contribution in [0.5, 0.6) is 0 Å². The highest BCUT2D eigenvalue weighted by atomic mass is 16.5. The van der Waals surface area contributed by atoms with Crippen LogP contribution in [-0.2, 0) is 9.53 Å². The van der Waals surface area contributed by atoms with Gasteiger partial charge in [-0.2, -0.15) is 0 Å². The number of esters is 1. The highest BCUT2D eigenvalue weighted by Gasteiger charge is 2.57. The van der Waals surface area contributed by atoms with E-state index in [0.717, 1.165) is 36.6 Å². The fraction of sp³-hybridized carbons (Fsp3) is 0.571. The third-order valence-electron chi connectivity index (χ3n) is 9.64. The van der Waals surface area contributed by atoms with Crippen LogP contribution in [0.2, 0.25) is 0 Å². The fourth-order valence-corrected chi connectivity index (χ4v) is 8.03. The van der Waals surface area contributed by atoms with Gasteiger partial charge in [0.2, 0.25) is 0 Å². The summed E-state index contributed by atoms with van der Waals surface area (Å²) in [4.78, 5) is 16.2. The van der Waals surface area contributed by atoms with E-state index in [0.29, 0.717) is 5.92 Å². The first-order chi connectivity index (χ1) is 15.4. The number of benzene rings is 1. The van der Waals surface area contributed by atoms with Gasteiger partial charge >= 0.3 is 5.97 Å². The molecule has 0 saturated heterocycles. The number of aromatic nitrogens is 2. The molecule has 168 valence electrons. The SMILES string of the molecule is CC(=O)O[C@H]1CC[C@@]2(C)C(=CCC3C2CC[C@]2(C)C(n4cnc5ccccc54)=CCC32)C1. The van der Waals surface area contributed by atoms with Crippen molar-refractivity contribution in [1.29, 1.82) is 0 Å². The summed E-state index contributed by atoms with van der Waals surface area (Å²) in [6.07, 6.45) is 15.1. The monoisotopic (exact) mass is 430 g/mol. The van der Waals surface area contributed by atoms with Crippen molar-refractivity contribution in [3.8, 4) is 0 Å². The van der Waals surface area contributed by atoms with Gasteiger partial charge in [0.05, 0.1) is 11.0 Å². The summed E-state index contributed by atoms with van der Waals surface area (Å²) in [5, 5.41) is 0. The molecule has 3 unspecified atom stereocenters. The maximum Gasteiger partial charge on any atom is 0.302 e. The Bertz CT molecular complexity index is 1140. The Morgan fingerprint density at radius 3 is 2.72 bits per heavy atom. The second-order valence-electron chi connectivity index (χ2n) is 11.1. The summed E-state index contributed by atoms with van der Waals surface area (Å²) in [5.41, 5.74) is 5.81. The Balaban J connectivity index is 1.30. The minimum Gasteiger partial charge on any atom is -0.462 e. The standard InChI is InChI=1S/C28H34N2O2/c1-18(31)32-20-12-14-27(2)19(16-20)8-9-21-22-10-11-26(28(22,3)15-13-23(21)27)30-17-29-24-6-4-5-7-25(24)30/h4-8,11,17,20-23H,9-10,12-16H2,1-3H3/t20-,21?,22?,23?,27-,28-/m0/s1. The van der Waals surface area contributed by atoms with Gasteiger partial charge in [-0.1, -0.05) is 43.7 Å². The van der Waals surface area contributed by atoms with Gasteiger partial charge in [-0.3, -0.25) is 4.79 Å². The van der Waals surface area contributed by atoms with E-state index in [1.165, 1.54) is 43.8 Å². The molecular weight excluding hydrogens is 396 g/mol. The number of ether oxygens (including phenoxy) is 1. The molecule has 1 aromatic carbocycles. The summed E-state index contributed by atoms with van der Waals surface area (Å²) in [6.45, 7) is 6.56. The van der Waals surface area contributed by atoms with E-state index in [1.54, 1.807) is 5.57 Å². The third-order valence-corrected chi connectivity index (χ3v) is 9.64. The molecule has 0 N–H and O–H groups in total. The van der Waals surface area contributed by atoms with Crippen molar-refractivity contribution in [3.05, 3.63) is 48.3 Å². The predicted octanol–water partition coefficient (Wildman–Crippen LogP) is 6.38. The number of para-hydroxylation sites is 2. The second kappa shape index (κ2) is 7.07. The second-order valence-corrected chi connectivity index (χ2v) is 11.1. The average molecular weight is 431 g/mol. The van der Waals surface area contributed by atoms with Crippen LogP contribution in [0.25, 0.3) is 16.7 Å². The van der Waals surface area contributed by atoms with Crippen LogP contribution in [0.4, 0.5) is 0 Å². The van der Waals surface area contributed by atoms with E-state index in [1.807, 2.05) is 6.33 Å². The van der Waals surface area contributed by atoms with E-state index >= 15 is 0 Å². The zero-order valence-corrected chi connectivity index (χ0v) is 19.5. The lowest BCUT2D eigenvalue weighted by Gasteiger charge is -2.57. The third kappa shape index (κ3) is 2.80. The molecule has 2 aromatic rings. The molecule has 4 aliphatic carbocycles. The van der Waals surface area contributed by atoms with Crippen molar-refractivity contribution in [2.24, 2.45) is 28.6 Å². The number of allylic oxidation sites excluding steroid dienone is 3. The summed E-state index contributed by atoms with van der Waals surface area (Å²) in [5.74, 6) is 2.03. The molecule has 6 atom stereocenters. The van der Waals surface area contributed by atoms with Gasteiger partial charge in [-0.15, -0.1) is 0 Å². The molecule has 1 heterocycles. The molecule has 0 radical (unpaired) electrons. The molecule has 2 fully saturated rings. The highest BCUT2D eigenvalue weighted by molar-refractivity contribution is 5.80. The van der Waals surface area contributed by atoms with Crippen molar-refractivity contribution in [3.63, 3.8) is 0 Å². The topological polar surface area (TPSA) is 44.1 Å². The Kier molecular flexibility index (Phi) is 4.48. The van der Waals surface area contributed by atoms with Crippen molar-refractivity contribution < 1.29 is 9.53 Å². The van der Waals surface area contributed by atoms with Crippen LogP contribution in [-0.4, -0.2) is 21.6 Å². The molecule has 0 aliphatic heterocycles. The van der Waals surface area contributed by atoms with E-state index in [-0.39, 0.29) is 22.9 Å². The summed E-state index contributed by atoms with van der Waals surface area (Å²) in [6, 6.07) is 8.50. The molecular formula is C28H34N2O2. The molecule has 4 nitrogen and oxygen atoms in total. The number of carbonyl (C=O) groups is 1. The first-order valence-corrected chi connectivity index (χ1v) is 12.4. The molecule has 0 amide bonds. The minimum absolute atomic E-state index is 0.0755. The zero-order chi connectivity index (χ0) is 22.1. The van der Waals surface area contributed by atoms with E-state index < -0.39 is 0 Å². The van der Waals surface area contributed by atoms with Gasteiger partial charge < -0.3 is 9.30 Å². The molecule has 4 aliphatic rings. The molecule has 1 aromatic heterocycles. The van der Waals surface area contributed by atoms with Gasteiger partial charge in [-0.05, 0) is 73.8 Å².